The van der Waals surface area contributed by atoms with E-state index in [1.54, 1.807) is 23.9 Å². The first-order chi connectivity index (χ1) is 10.7. The van der Waals surface area contributed by atoms with Crippen LogP contribution in [0.4, 0.5) is 0 Å². The zero-order chi connectivity index (χ0) is 15.8. The SMILES string of the molecule is CCSc1ccccc1C(=O)NCC#Cc1cccc(Cl)c1. The molecular formula is C18H16ClNOS. The molecule has 0 heterocycles. The molecule has 0 aromatic heterocycles. The van der Waals surface area contributed by atoms with Crippen molar-refractivity contribution in [1.29, 1.82) is 0 Å². The Morgan fingerprint density at radius 2 is 2.05 bits per heavy atom. The van der Waals surface area contributed by atoms with E-state index in [1.165, 1.54) is 0 Å². The lowest BCUT2D eigenvalue weighted by atomic mass is 10.2. The summed E-state index contributed by atoms with van der Waals surface area (Å²) in [6.07, 6.45) is 0. The molecule has 0 atom stereocenters. The molecule has 1 amide bonds. The Labute approximate surface area is 140 Å². The van der Waals surface area contributed by atoms with Crippen LogP contribution < -0.4 is 5.32 Å². The topological polar surface area (TPSA) is 29.1 Å². The lowest BCUT2D eigenvalue weighted by molar-refractivity contribution is 0.0956. The number of hydrogen-bond acceptors (Lipinski definition) is 2. The zero-order valence-corrected chi connectivity index (χ0v) is 13.8. The second-order valence-corrected chi connectivity index (χ2v) is 6.17. The van der Waals surface area contributed by atoms with Crippen molar-refractivity contribution in [1.82, 2.24) is 5.32 Å². The highest BCUT2D eigenvalue weighted by atomic mass is 35.5. The molecule has 0 radical (unpaired) electrons. The Morgan fingerprint density at radius 1 is 1.23 bits per heavy atom. The fourth-order valence-corrected chi connectivity index (χ4v) is 2.86. The van der Waals surface area contributed by atoms with Crippen LogP contribution in [-0.2, 0) is 0 Å². The highest BCUT2D eigenvalue weighted by molar-refractivity contribution is 7.99. The standard InChI is InChI=1S/C18H16ClNOS/c1-2-22-17-11-4-3-10-16(17)18(21)20-12-6-8-14-7-5-9-15(19)13-14/h3-5,7,9-11,13H,2,12H2,1H3,(H,20,21). The second-order valence-electron chi connectivity index (χ2n) is 4.42. The molecule has 0 bridgehead atoms. The monoisotopic (exact) mass is 329 g/mol. The van der Waals surface area contributed by atoms with Gasteiger partial charge < -0.3 is 5.32 Å². The van der Waals surface area contributed by atoms with E-state index in [0.717, 1.165) is 16.2 Å². The van der Waals surface area contributed by atoms with Gasteiger partial charge in [-0.05, 0) is 36.1 Å². The van der Waals surface area contributed by atoms with Crippen molar-refractivity contribution < 1.29 is 4.79 Å². The smallest absolute Gasteiger partial charge is 0.253 e. The van der Waals surface area contributed by atoms with E-state index in [9.17, 15) is 4.79 Å². The Morgan fingerprint density at radius 3 is 2.82 bits per heavy atom. The van der Waals surface area contributed by atoms with Crippen molar-refractivity contribution in [3.8, 4) is 11.8 Å². The van der Waals surface area contributed by atoms with Gasteiger partial charge in [0, 0.05) is 15.5 Å². The molecule has 112 valence electrons. The molecule has 0 aliphatic rings. The Kier molecular flexibility index (Phi) is 6.39. The summed E-state index contributed by atoms with van der Waals surface area (Å²) in [6, 6.07) is 14.9. The number of benzene rings is 2. The van der Waals surface area contributed by atoms with Gasteiger partial charge in [0.15, 0.2) is 0 Å². The molecule has 0 aliphatic heterocycles. The summed E-state index contributed by atoms with van der Waals surface area (Å²) >= 11 is 7.55. The van der Waals surface area contributed by atoms with Crippen molar-refractivity contribution in [3.05, 3.63) is 64.7 Å². The number of hydrogen-bond donors (Lipinski definition) is 1. The van der Waals surface area contributed by atoms with Crippen molar-refractivity contribution in [2.45, 2.75) is 11.8 Å². The van der Waals surface area contributed by atoms with E-state index in [-0.39, 0.29) is 5.91 Å². The molecule has 1 N–H and O–H groups in total. The quantitative estimate of drug-likeness (QED) is 0.671. The van der Waals surface area contributed by atoms with Crippen LogP contribution in [0.5, 0.6) is 0 Å². The van der Waals surface area contributed by atoms with Crippen molar-refractivity contribution in [2.24, 2.45) is 0 Å². The molecule has 0 fully saturated rings. The van der Waals surface area contributed by atoms with E-state index in [2.05, 4.69) is 24.1 Å². The summed E-state index contributed by atoms with van der Waals surface area (Å²) < 4.78 is 0. The third-order valence-electron chi connectivity index (χ3n) is 2.83. The van der Waals surface area contributed by atoms with Gasteiger partial charge in [0.1, 0.15) is 0 Å². The van der Waals surface area contributed by atoms with Crippen molar-refractivity contribution in [3.63, 3.8) is 0 Å². The molecule has 0 saturated carbocycles. The average molecular weight is 330 g/mol. The summed E-state index contributed by atoms with van der Waals surface area (Å²) in [4.78, 5) is 13.2. The summed E-state index contributed by atoms with van der Waals surface area (Å²) in [6.45, 7) is 2.37. The van der Waals surface area contributed by atoms with Crippen LogP contribution in [0.1, 0.15) is 22.8 Å². The van der Waals surface area contributed by atoms with E-state index in [4.69, 9.17) is 11.6 Å². The first-order valence-electron chi connectivity index (χ1n) is 6.95. The summed E-state index contributed by atoms with van der Waals surface area (Å²) in [7, 11) is 0. The van der Waals surface area contributed by atoms with Gasteiger partial charge in [0.2, 0.25) is 0 Å². The second kappa shape index (κ2) is 8.53. The Bertz CT molecular complexity index is 718. The van der Waals surface area contributed by atoms with Crippen LogP contribution in [0, 0.1) is 11.8 Å². The van der Waals surface area contributed by atoms with Crippen LogP contribution in [0.15, 0.2) is 53.4 Å². The van der Waals surface area contributed by atoms with Crippen molar-refractivity contribution in [2.75, 3.05) is 12.3 Å². The predicted molar refractivity (Wildman–Crippen MR) is 93.5 cm³/mol. The van der Waals surface area contributed by atoms with Crippen LogP contribution >= 0.6 is 23.4 Å². The number of nitrogens with one attached hydrogen (secondary N) is 1. The van der Waals surface area contributed by atoms with Gasteiger partial charge in [-0.2, -0.15) is 0 Å². The van der Waals surface area contributed by atoms with Gasteiger partial charge in [-0.1, -0.05) is 48.6 Å². The fourth-order valence-electron chi connectivity index (χ4n) is 1.87. The first-order valence-corrected chi connectivity index (χ1v) is 8.31. The largest absolute Gasteiger partial charge is 0.341 e. The lowest BCUT2D eigenvalue weighted by Gasteiger charge is -2.07. The number of halogens is 1. The Hall–Kier alpha value is -1.89. The third kappa shape index (κ3) is 4.84. The normalized spacial score (nSPS) is 9.73. The average Bonchev–Trinajstić information content (AvgIpc) is 2.52. The maximum Gasteiger partial charge on any atom is 0.253 e. The lowest BCUT2D eigenvalue weighted by Crippen LogP contribution is -2.24. The fraction of sp³-hybridized carbons (Fsp3) is 0.167. The first kappa shape index (κ1) is 16.5. The van der Waals surface area contributed by atoms with Crippen molar-refractivity contribution >= 4 is 29.3 Å². The van der Waals surface area contributed by atoms with Gasteiger partial charge in [-0.3, -0.25) is 4.79 Å². The molecule has 0 saturated heterocycles. The number of rotatable bonds is 4. The van der Waals surface area contributed by atoms with Crippen LogP contribution in [0.3, 0.4) is 0 Å². The molecule has 22 heavy (non-hydrogen) atoms. The Balaban J connectivity index is 1.97. The highest BCUT2D eigenvalue weighted by Gasteiger charge is 2.09. The number of thioether (sulfide) groups is 1. The summed E-state index contributed by atoms with van der Waals surface area (Å²) in [5, 5.41) is 3.48. The molecule has 4 heteroatoms. The van der Waals surface area contributed by atoms with E-state index >= 15 is 0 Å². The maximum atomic E-state index is 12.2. The molecule has 2 aromatic rings. The molecule has 2 aromatic carbocycles. The molecule has 2 rings (SSSR count). The van der Waals surface area contributed by atoms with Gasteiger partial charge in [0.05, 0.1) is 12.1 Å². The van der Waals surface area contributed by atoms with Crippen LogP contribution in [-0.4, -0.2) is 18.2 Å². The molecule has 0 spiro atoms. The van der Waals surface area contributed by atoms with E-state index in [0.29, 0.717) is 17.1 Å². The van der Waals surface area contributed by atoms with E-state index < -0.39 is 0 Å². The molecule has 0 aliphatic carbocycles. The van der Waals surface area contributed by atoms with Crippen LogP contribution in [0.2, 0.25) is 5.02 Å². The van der Waals surface area contributed by atoms with E-state index in [1.807, 2.05) is 36.4 Å². The zero-order valence-electron chi connectivity index (χ0n) is 12.2. The van der Waals surface area contributed by atoms with Gasteiger partial charge >= 0.3 is 0 Å². The minimum Gasteiger partial charge on any atom is -0.341 e. The van der Waals surface area contributed by atoms with Gasteiger partial charge in [-0.15, -0.1) is 11.8 Å². The molecular weight excluding hydrogens is 314 g/mol. The minimum absolute atomic E-state index is 0.100. The van der Waals surface area contributed by atoms with Gasteiger partial charge in [-0.25, -0.2) is 0 Å². The minimum atomic E-state index is -0.100. The number of amides is 1. The van der Waals surface area contributed by atoms with Gasteiger partial charge in [0.25, 0.3) is 5.91 Å². The molecule has 0 unspecified atom stereocenters. The number of carbonyl (C=O) groups is 1. The molecule has 2 nitrogen and oxygen atoms in total. The third-order valence-corrected chi connectivity index (χ3v) is 4.02. The predicted octanol–water partition coefficient (Wildman–Crippen LogP) is 4.23. The number of carbonyl (C=O) groups excluding carboxylic acids is 1. The van der Waals surface area contributed by atoms with Crippen LogP contribution in [0.25, 0.3) is 0 Å². The highest BCUT2D eigenvalue weighted by Crippen LogP contribution is 2.21. The summed E-state index contributed by atoms with van der Waals surface area (Å²) in [5.74, 6) is 6.74. The summed E-state index contributed by atoms with van der Waals surface area (Å²) in [5.41, 5.74) is 1.53. The maximum absolute atomic E-state index is 12.2.